The third kappa shape index (κ3) is 1.66. The van der Waals surface area contributed by atoms with Crippen LogP contribution in [0.25, 0.3) is 10.9 Å². The molecule has 1 aromatic heterocycles. The number of amides is 1. The molecule has 1 heterocycles. The minimum Gasteiger partial charge on any atom is -0.417 e. The van der Waals surface area contributed by atoms with Crippen molar-refractivity contribution < 1.29 is 9.63 Å². The maximum absolute atomic E-state index is 10.9. The molecule has 1 amide bonds. The molecule has 0 bridgehead atoms. The first kappa shape index (κ1) is 9.58. The van der Waals surface area contributed by atoms with Crippen LogP contribution in [0, 0.1) is 0 Å². The van der Waals surface area contributed by atoms with Gasteiger partial charge in [-0.15, -0.1) is 0 Å². The van der Waals surface area contributed by atoms with E-state index in [0.717, 1.165) is 16.5 Å². The normalized spacial score (nSPS) is 10.5. The molecule has 0 aliphatic heterocycles. The lowest BCUT2D eigenvalue weighted by Crippen LogP contribution is -2.13. The van der Waals surface area contributed by atoms with Crippen LogP contribution in [0.5, 0.6) is 0 Å². The van der Waals surface area contributed by atoms with Gasteiger partial charge in [-0.25, -0.2) is 0 Å². The SMILES string of the molecule is COn1cc(CC(N)=O)c2ccccc21. The first-order valence-corrected chi connectivity index (χ1v) is 4.64. The van der Waals surface area contributed by atoms with Gasteiger partial charge >= 0.3 is 0 Å². The van der Waals surface area contributed by atoms with Crippen molar-refractivity contribution in [1.29, 1.82) is 0 Å². The molecule has 0 aliphatic rings. The van der Waals surface area contributed by atoms with E-state index in [1.54, 1.807) is 18.0 Å². The average molecular weight is 204 g/mol. The minimum atomic E-state index is -0.339. The largest absolute Gasteiger partial charge is 0.417 e. The van der Waals surface area contributed by atoms with Gasteiger partial charge in [0.15, 0.2) is 0 Å². The Kier molecular flexibility index (Phi) is 2.33. The van der Waals surface area contributed by atoms with Gasteiger partial charge in [0.05, 0.1) is 11.9 Å². The molecule has 4 nitrogen and oxygen atoms in total. The Hall–Kier alpha value is -1.97. The Morgan fingerprint density at radius 1 is 1.47 bits per heavy atom. The van der Waals surface area contributed by atoms with Crippen LogP contribution in [0.4, 0.5) is 0 Å². The Balaban J connectivity index is 2.59. The minimum absolute atomic E-state index is 0.233. The predicted octanol–water partition coefficient (Wildman–Crippen LogP) is 0.727. The zero-order valence-corrected chi connectivity index (χ0v) is 8.43. The van der Waals surface area contributed by atoms with Crippen molar-refractivity contribution in [2.45, 2.75) is 6.42 Å². The molecule has 0 fully saturated rings. The number of nitrogens with zero attached hydrogens (tertiary/aromatic N) is 1. The third-order valence-corrected chi connectivity index (χ3v) is 2.32. The summed E-state index contributed by atoms with van der Waals surface area (Å²) < 4.78 is 1.63. The first-order chi connectivity index (χ1) is 7.22. The number of hydrogen-bond acceptors (Lipinski definition) is 2. The maximum Gasteiger partial charge on any atom is 0.221 e. The molecule has 0 spiro atoms. The van der Waals surface area contributed by atoms with E-state index >= 15 is 0 Å². The van der Waals surface area contributed by atoms with Crippen LogP contribution in [-0.4, -0.2) is 17.7 Å². The summed E-state index contributed by atoms with van der Waals surface area (Å²) >= 11 is 0. The highest BCUT2D eigenvalue weighted by Crippen LogP contribution is 2.20. The summed E-state index contributed by atoms with van der Waals surface area (Å²) in [4.78, 5) is 16.0. The predicted molar refractivity (Wildman–Crippen MR) is 57.3 cm³/mol. The summed E-state index contributed by atoms with van der Waals surface area (Å²) in [5.74, 6) is -0.339. The van der Waals surface area contributed by atoms with E-state index in [4.69, 9.17) is 10.6 Å². The number of fused-ring (bicyclic) bond motifs is 1. The molecule has 0 saturated heterocycles. The fourth-order valence-corrected chi connectivity index (χ4v) is 1.70. The first-order valence-electron chi connectivity index (χ1n) is 4.64. The second-order valence-electron chi connectivity index (χ2n) is 3.32. The van der Waals surface area contributed by atoms with Crippen molar-refractivity contribution >= 4 is 16.8 Å². The van der Waals surface area contributed by atoms with Crippen LogP contribution in [0.15, 0.2) is 30.5 Å². The van der Waals surface area contributed by atoms with E-state index in [-0.39, 0.29) is 12.3 Å². The molecule has 0 saturated carbocycles. The summed E-state index contributed by atoms with van der Waals surface area (Å²) in [5.41, 5.74) is 7.01. The summed E-state index contributed by atoms with van der Waals surface area (Å²) in [5, 5.41) is 0.998. The van der Waals surface area contributed by atoms with Gasteiger partial charge in [0.2, 0.25) is 5.91 Å². The van der Waals surface area contributed by atoms with E-state index in [1.165, 1.54) is 0 Å². The Morgan fingerprint density at radius 3 is 2.87 bits per heavy atom. The number of rotatable bonds is 3. The molecule has 0 radical (unpaired) electrons. The smallest absolute Gasteiger partial charge is 0.221 e. The summed E-state index contributed by atoms with van der Waals surface area (Å²) in [6, 6.07) is 7.73. The molecule has 0 atom stereocenters. The molecular weight excluding hydrogens is 192 g/mol. The quantitative estimate of drug-likeness (QED) is 0.801. The fraction of sp³-hybridized carbons (Fsp3) is 0.182. The van der Waals surface area contributed by atoms with Gasteiger partial charge in [0, 0.05) is 11.6 Å². The highest BCUT2D eigenvalue weighted by molar-refractivity contribution is 5.88. The number of nitrogens with two attached hydrogens (primary N) is 1. The van der Waals surface area contributed by atoms with Gasteiger partial charge in [0.25, 0.3) is 0 Å². The van der Waals surface area contributed by atoms with E-state index in [9.17, 15) is 4.79 Å². The van der Waals surface area contributed by atoms with Crippen LogP contribution in [0.1, 0.15) is 5.56 Å². The van der Waals surface area contributed by atoms with E-state index < -0.39 is 0 Å². The van der Waals surface area contributed by atoms with Crippen molar-refractivity contribution in [3.63, 3.8) is 0 Å². The zero-order valence-electron chi connectivity index (χ0n) is 8.43. The molecule has 2 aromatic rings. The van der Waals surface area contributed by atoms with Crippen molar-refractivity contribution in [3.05, 3.63) is 36.0 Å². The van der Waals surface area contributed by atoms with Gasteiger partial charge < -0.3 is 10.6 Å². The standard InChI is InChI=1S/C11H12N2O2/c1-15-13-7-8(6-11(12)14)9-4-2-3-5-10(9)13/h2-5,7H,6H2,1H3,(H2,12,14). The molecule has 0 aliphatic carbocycles. The van der Waals surface area contributed by atoms with Gasteiger partial charge in [-0.1, -0.05) is 18.2 Å². The fourth-order valence-electron chi connectivity index (χ4n) is 1.70. The van der Waals surface area contributed by atoms with E-state index in [0.29, 0.717) is 0 Å². The second-order valence-corrected chi connectivity index (χ2v) is 3.32. The third-order valence-electron chi connectivity index (χ3n) is 2.32. The number of primary amides is 1. The molecule has 0 unspecified atom stereocenters. The molecular formula is C11H12N2O2. The number of benzene rings is 1. The summed E-state index contributed by atoms with van der Waals surface area (Å²) in [6.07, 6.45) is 2.02. The Bertz CT molecular complexity index is 502. The van der Waals surface area contributed by atoms with Crippen molar-refractivity contribution in [2.75, 3.05) is 7.11 Å². The van der Waals surface area contributed by atoms with E-state index in [2.05, 4.69) is 0 Å². The Morgan fingerprint density at radius 2 is 2.20 bits per heavy atom. The summed E-state index contributed by atoms with van der Waals surface area (Å²) in [7, 11) is 1.58. The number of carbonyl (C=O) groups excluding carboxylic acids is 1. The van der Waals surface area contributed by atoms with Gasteiger partial charge in [-0.2, -0.15) is 4.73 Å². The molecule has 2 N–H and O–H groups in total. The van der Waals surface area contributed by atoms with E-state index in [1.807, 2.05) is 24.3 Å². The Labute approximate surface area is 87.2 Å². The van der Waals surface area contributed by atoms with Gasteiger partial charge in [-0.3, -0.25) is 4.79 Å². The van der Waals surface area contributed by atoms with Crippen LogP contribution in [0.3, 0.4) is 0 Å². The number of hydrogen-bond donors (Lipinski definition) is 1. The van der Waals surface area contributed by atoms with Crippen molar-refractivity contribution in [3.8, 4) is 0 Å². The molecule has 15 heavy (non-hydrogen) atoms. The number of para-hydroxylation sites is 1. The van der Waals surface area contributed by atoms with Crippen molar-refractivity contribution in [1.82, 2.24) is 4.73 Å². The van der Waals surface area contributed by atoms with Crippen molar-refractivity contribution in [2.24, 2.45) is 5.73 Å². The number of carbonyl (C=O) groups is 1. The highest BCUT2D eigenvalue weighted by atomic mass is 16.6. The summed E-state index contributed by atoms with van der Waals surface area (Å²) in [6.45, 7) is 0. The lowest BCUT2D eigenvalue weighted by atomic mass is 10.1. The zero-order chi connectivity index (χ0) is 10.8. The van der Waals surface area contributed by atoms with Gasteiger partial charge in [0.1, 0.15) is 7.11 Å². The molecule has 2 rings (SSSR count). The maximum atomic E-state index is 10.9. The molecule has 78 valence electrons. The number of aromatic nitrogens is 1. The lowest BCUT2D eigenvalue weighted by molar-refractivity contribution is -0.117. The average Bonchev–Trinajstić information content (AvgIpc) is 2.56. The second kappa shape index (κ2) is 3.65. The monoisotopic (exact) mass is 204 g/mol. The van der Waals surface area contributed by atoms with Crippen LogP contribution >= 0.6 is 0 Å². The van der Waals surface area contributed by atoms with Crippen LogP contribution in [0.2, 0.25) is 0 Å². The highest BCUT2D eigenvalue weighted by Gasteiger charge is 2.09. The lowest BCUT2D eigenvalue weighted by Gasteiger charge is -2.00. The van der Waals surface area contributed by atoms with Gasteiger partial charge in [-0.05, 0) is 11.6 Å². The molecule has 1 aromatic carbocycles. The topological polar surface area (TPSA) is 57.2 Å². The molecule has 4 heteroatoms. The van der Waals surface area contributed by atoms with Crippen LogP contribution in [-0.2, 0) is 11.2 Å². The van der Waals surface area contributed by atoms with Crippen LogP contribution < -0.4 is 10.6 Å².